The summed E-state index contributed by atoms with van der Waals surface area (Å²) in [5.41, 5.74) is 5.26. The molecule has 0 rings (SSSR count). The minimum Gasteiger partial charge on any atom is -0.390 e. The number of nitrogens with two attached hydrogens (primary N) is 1. The van der Waals surface area contributed by atoms with Gasteiger partial charge in [-0.1, -0.05) is 0 Å². The zero-order chi connectivity index (χ0) is 8.41. The second-order valence-electron chi connectivity index (χ2n) is 2.15. The van der Waals surface area contributed by atoms with Gasteiger partial charge in [-0.25, -0.2) is 0 Å². The summed E-state index contributed by atoms with van der Waals surface area (Å²) >= 11 is 7.59. The van der Waals surface area contributed by atoms with E-state index in [0.717, 1.165) is 0 Å². The Labute approximate surface area is 71.3 Å². The van der Waals surface area contributed by atoms with Crippen LogP contribution in [-0.2, 0) is 0 Å². The Morgan fingerprint density at radius 1 is 1.30 bits per heavy atom. The van der Waals surface area contributed by atoms with Crippen molar-refractivity contribution in [2.24, 2.45) is 5.73 Å². The molecule has 0 aromatic heterocycles. The monoisotopic (exact) mass is 201 g/mol. The van der Waals surface area contributed by atoms with Crippen molar-refractivity contribution in [2.75, 3.05) is 0 Å². The summed E-state index contributed by atoms with van der Waals surface area (Å²) in [6.07, 6.45) is 0.148. The number of hydrogen-bond donors (Lipinski definition) is 6. The molecule has 0 aliphatic carbocycles. The van der Waals surface area contributed by atoms with Crippen molar-refractivity contribution in [1.82, 2.24) is 0 Å². The minimum atomic E-state index is -3.94. The average molecular weight is 201 g/mol. The molecule has 0 aromatic rings. The van der Waals surface area contributed by atoms with Gasteiger partial charge >= 0.3 is 8.80 Å². The van der Waals surface area contributed by atoms with E-state index < -0.39 is 13.0 Å². The summed E-state index contributed by atoms with van der Waals surface area (Å²) in [6.45, 7) is 0. The Morgan fingerprint density at radius 3 is 1.80 bits per heavy atom. The molecule has 0 amide bonds. The van der Waals surface area contributed by atoms with E-state index >= 15 is 0 Å². The van der Waals surface area contributed by atoms with Crippen LogP contribution in [0.5, 0.6) is 0 Å². The molecule has 0 unspecified atom stereocenters. The molecule has 0 bridgehead atoms. The van der Waals surface area contributed by atoms with Crippen LogP contribution in [0.25, 0.3) is 0 Å². The lowest BCUT2D eigenvalue weighted by atomic mass is 10.5. The quantitative estimate of drug-likeness (QED) is 0.196. The van der Waals surface area contributed by atoms with Gasteiger partial charge < -0.3 is 20.1 Å². The topological polar surface area (TPSA) is 86.7 Å². The van der Waals surface area contributed by atoms with Crippen LogP contribution in [0.4, 0.5) is 0 Å². The van der Waals surface area contributed by atoms with Gasteiger partial charge in [-0.15, -0.1) is 25.3 Å². The van der Waals surface area contributed by atoms with Crippen molar-refractivity contribution >= 4 is 34.1 Å². The lowest BCUT2D eigenvalue weighted by Crippen LogP contribution is -2.38. The first-order valence-electron chi connectivity index (χ1n) is 2.61. The van der Waals surface area contributed by atoms with Gasteiger partial charge in [-0.05, 0) is 6.42 Å². The van der Waals surface area contributed by atoms with Gasteiger partial charge in [-0.3, -0.25) is 0 Å². The van der Waals surface area contributed by atoms with E-state index in [4.69, 9.17) is 20.1 Å². The Balaban J connectivity index is 3.56. The Morgan fingerprint density at radius 2 is 1.70 bits per heavy atom. The molecule has 0 atom stereocenters. The van der Waals surface area contributed by atoms with Crippen molar-refractivity contribution < 1.29 is 14.4 Å². The summed E-state index contributed by atoms with van der Waals surface area (Å²) in [7, 11) is -3.94. The fraction of sp³-hybridized carbons (Fsp3) is 1.00. The Kier molecular flexibility index (Phi) is 3.70. The predicted molar refractivity (Wildman–Crippen MR) is 46.7 cm³/mol. The van der Waals surface area contributed by atoms with Gasteiger partial charge in [0.05, 0.1) is 0 Å². The fourth-order valence-corrected chi connectivity index (χ4v) is 1.73. The molecule has 4 nitrogen and oxygen atoms in total. The van der Waals surface area contributed by atoms with Gasteiger partial charge in [0.25, 0.3) is 0 Å². The molecule has 0 spiro atoms. The second kappa shape index (κ2) is 3.44. The van der Waals surface area contributed by atoms with Crippen LogP contribution in [0.3, 0.4) is 0 Å². The Hall–Kier alpha value is 0.757. The zero-order valence-electron chi connectivity index (χ0n) is 5.23. The molecule has 0 saturated heterocycles. The standard InChI is InChI=1S/C3H11NO3S2Si/c4-3(8,9)1-2-10(5,6)7/h5-9H,1-2,4H2. The number of rotatable bonds is 3. The van der Waals surface area contributed by atoms with Crippen LogP contribution >= 0.6 is 25.3 Å². The van der Waals surface area contributed by atoms with Gasteiger partial charge in [0, 0.05) is 6.04 Å². The molecule has 0 aliphatic heterocycles. The van der Waals surface area contributed by atoms with E-state index in [1.165, 1.54) is 0 Å². The first kappa shape index (κ1) is 10.8. The molecular weight excluding hydrogens is 190 g/mol. The number of thiol groups is 2. The van der Waals surface area contributed by atoms with Crippen molar-refractivity contribution in [2.45, 2.75) is 16.7 Å². The fourth-order valence-electron chi connectivity index (χ4n) is 0.352. The minimum absolute atomic E-state index is 0.142. The van der Waals surface area contributed by atoms with Crippen molar-refractivity contribution in [3.05, 3.63) is 0 Å². The van der Waals surface area contributed by atoms with Crippen molar-refractivity contribution in [3.63, 3.8) is 0 Å². The molecule has 10 heavy (non-hydrogen) atoms. The lowest BCUT2D eigenvalue weighted by molar-refractivity contribution is 0.226. The average Bonchev–Trinajstić information content (AvgIpc) is 1.57. The largest absolute Gasteiger partial charge is 0.492 e. The molecular formula is C3H11NO3S2Si. The first-order chi connectivity index (χ1) is 4.21. The summed E-state index contributed by atoms with van der Waals surface area (Å²) in [6, 6.07) is -0.142. The maximum Gasteiger partial charge on any atom is 0.492 e. The molecule has 0 saturated carbocycles. The van der Waals surface area contributed by atoms with Gasteiger partial charge in [0.15, 0.2) is 0 Å². The van der Waals surface area contributed by atoms with Crippen LogP contribution in [0.1, 0.15) is 6.42 Å². The highest BCUT2D eigenvalue weighted by atomic mass is 32.2. The second-order valence-corrected chi connectivity index (χ2v) is 6.15. The van der Waals surface area contributed by atoms with Crippen molar-refractivity contribution in [3.8, 4) is 0 Å². The molecule has 0 aliphatic rings. The van der Waals surface area contributed by atoms with Gasteiger partial charge in [-0.2, -0.15) is 0 Å². The highest BCUT2D eigenvalue weighted by Crippen LogP contribution is 2.20. The van der Waals surface area contributed by atoms with Crippen LogP contribution in [0, 0.1) is 0 Å². The molecule has 0 fully saturated rings. The molecule has 7 heteroatoms. The van der Waals surface area contributed by atoms with E-state index in [2.05, 4.69) is 25.3 Å². The molecule has 0 radical (unpaired) electrons. The highest BCUT2D eigenvalue weighted by Gasteiger charge is 2.29. The third-order valence-corrected chi connectivity index (χ3v) is 2.20. The highest BCUT2D eigenvalue weighted by molar-refractivity contribution is 8.00. The third-order valence-electron chi connectivity index (χ3n) is 0.828. The Bertz CT molecular complexity index is 95.3. The molecule has 0 aromatic carbocycles. The summed E-state index contributed by atoms with van der Waals surface area (Å²) in [5, 5.41) is 0. The van der Waals surface area contributed by atoms with Crippen LogP contribution in [0.2, 0.25) is 6.04 Å². The molecule has 5 N–H and O–H groups in total. The maximum absolute atomic E-state index is 8.51. The lowest BCUT2D eigenvalue weighted by Gasteiger charge is -2.17. The van der Waals surface area contributed by atoms with Crippen LogP contribution in [0.15, 0.2) is 0 Å². The van der Waals surface area contributed by atoms with E-state index in [-0.39, 0.29) is 12.5 Å². The summed E-state index contributed by atoms with van der Waals surface area (Å²) in [5.74, 6) is 0. The van der Waals surface area contributed by atoms with Crippen LogP contribution in [-0.4, -0.2) is 27.4 Å². The maximum atomic E-state index is 8.51. The summed E-state index contributed by atoms with van der Waals surface area (Å²) in [4.78, 5) is 25.5. The van der Waals surface area contributed by atoms with Gasteiger partial charge in [0.2, 0.25) is 0 Å². The number of hydrogen-bond acceptors (Lipinski definition) is 6. The van der Waals surface area contributed by atoms with E-state index in [0.29, 0.717) is 0 Å². The van der Waals surface area contributed by atoms with Gasteiger partial charge in [0.1, 0.15) is 4.20 Å². The van der Waals surface area contributed by atoms with E-state index in [9.17, 15) is 0 Å². The van der Waals surface area contributed by atoms with Crippen LogP contribution < -0.4 is 5.73 Å². The third kappa shape index (κ3) is 8.76. The predicted octanol–water partition coefficient (Wildman–Crippen LogP) is -1.24. The normalized spacial score (nSPS) is 13.8. The molecule has 0 heterocycles. The first-order valence-corrected chi connectivity index (χ1v) is 5.56. The summed E-state index contributed by atoms with van der Waals surface area (Å²) < 4.78 is -1.05. The zero-order valence-corrected chi connectivity index (χ0v) is 8.02. The van der Waals surface area contributed by atoms with E-state index in [1.807, 2.05) is 0 Å². The van der Waals surface area contributed by atoms with E-state index in [1.54, 1.807) is 0 Å². The smallest absolute Gasteiger partial charge is 0.390 e. The SMILES string of the molecule is NC(S)(S)CC[Si](O)(O)O. The molecule has 62 valence electrons. The van der Waals surface area contributed by atoms with Crippen molar-refractivity contribution in [1.29, 1.82) is 0 Å².